The molecule has 0 radical (unpaired) electrons. The van der Waals surface area contributed by atoms with Gasteiger partial charge in [-0.15, -0.1) is 0 Å². The Balaban J connectivity index is 2.18. The lowest BCUT2D eigenvalue weighted by Crippen LogP contribution is -2.33. The number of amides is 1. The van der Waals surface area contributed by atoms with Crippen LogP contribution in [0.25, 0.3) is 0 Å². The number of hydrogen-bond acceptors (Lipinski definition) is 5. The molecule has 20 heavy (non-hydrogen) atoms. The molecule has 1 aromatic heterocycles. The fraction of sp³-hybridized carbons (Fsp3) is 0.538. The van der Waals surface area contributed by atoms with Crippen molar-refractivity contribution in [2.75, 3.05) is 6.26 Å². The van der Waals surface area contributed by atoms with Gasteiger partial charge in [0.15, 0.2) is 14.9 Å². The van der Waals surface area contributed by atoms with E-state index in [9.17, 15) is 13.2 Å². The molecule has 0 spiro atoms. The second kappa shape index (κ2) is 4.73. The minimum Gasteiger partial charge on any atom is -0.444 e. The second-order valence-electron chi connectivity index (χ2n) is 5.90. The van der Waals surface area contributed by atoms with Gasteiger partial charge < -0.3 is 4.74 Å². The Morgan fingerprint density at radius 2 is 1.90 bits per heavy atom. The molecule has 0 unspecified atom stereocenters. The highest BCUT2D eigenvalue weighted by molar-refractivity contribution is 7.90. The van der Waals surface area contributed by atoms with Gasteiger partial charge in [0.05, 0.1) is 6.54 Å². The van der Waals surface area contributed by atoms with Gasteiger partial charge in [-0.25, -0.2) is 18.2 Å². The minimum atomic E-state index is -3.34. The van der Waals surface area contributed by atoms with Crippen molar-refractivity contribution < 1.29 is 17.9 Å². The highest BCUT2D eigenvalue weighted by atomic mass is 32.2. The van der Waals surface area contributed by atoms with Gasteiger partial charge in [0.25, 0.3) is 0 Å². The van der Waals surface area contributed by atoms with Crippen LogP contribution >= 0.6 is 0 Å². The monoisotopic (exact) mass is 298 g/mol. The van der Waals surface area contributed by atoms with Crippen LogP contribution in [-0.4, -0.2) is 36.3 Å². The summed E-state index contributed by atoms with van der Waals surface area (Å²) in [7, 11) is -3.34. The fourth-order valence-corrected chi connectivity index (χ4v) is 2.52. The predicted molar refractivity (Wildman–Crippen MR) is 72.8 cm³/mol. The Bertz CT molecular complexity index is 647. The van der Waals surface area contributed by atoms with E-state index in [1.54, 1.807) is 20.8 Å². The van der Waals surface area contributed by atoms with Crippen molar-refractivity contribution in [3.8, 4) is 0 Å². The molecule has 0 bridgehead atoms. The number of nitrogens with zero attached hydrogens (tertiary/aromatic N) is 2. The molecular formula is C13H18N2O4S. The molecule has 1 aliphatic heterocycles. The van der Waals surface area contributed by atoms with Gasteiger partial charge in [-0.05, 0) is 38.0 Å². The van der Waals surface area contributed by atoms with Crippen molar-refractivity contribution >= 4 is 15.9 Å². The summed E-state index contributed by atoms with van der Waals surface area (Å²) in [4.78, 5) is 17.4. The summed E-state index contributed by atoms with van der Waals surface area (Å²) < 4.78 is 28.2. The first kappa shape index (κ1) is 14.8. The van der Waals surface area contributed by atoms with Gasteiger partial charge in [0.2, 0.25) is 0 Å². The van der Waals surface area contributed by atoms with E-state index in [4.69, 9.17) is 4.74 Å². The van der Waals surface area contributed by atoms with Crippen LogP contribution in [0, 0.1) is 0 Å². The van der Waals surface area contributed by atoms with Gasteiger partial charge >= 0.3 is 6.09 Å². The number of carbonyl (C=O) groups is 1. The van der Waals surface area contributed by atoms with Crippen LogP contribution in [0.5, 0.6) is 0 Å². The first-order chi connectivity index (χ1) is 9.06. The molecule has 0 saturated heterocycles. The summed E-state index contributed by atoms with van der Waals surface area (Å²) >= 11 is 0. The van der Waals surface area contributed by atoms with Crippen molar-refractivity contribution in [1.82, 2.24) is 9.88 Å². The van der Waals surface area contributed by atoms with Crippen LogP contribution in [0.2, 0.25) is 0 Å². The Morgan fingerprint density at radius 1 is 1.30 bits per heavy atom. The quantitative estimate of drug-likeness (QED) is 0.789. The Hall–Kier alpha value is -1.63. The molecule has 6 nitrogen and oxygen atoms in total. The zero-order valence-corrected chi connectivity index (χ0v) is 12.8. The first-order valence-corrected chi connectivity index (χ1v) is 8.11. The molecule has 1 aromatic rings. The molecular weight excluding hydrogens is 280 g/mol. The minimum absolute atomic E-state index is 0.0299. The standard InChI is InChI=1S/C13H18N2O4S/c1-13(2,3)19-12(16)15-7-9-5-11(20(4,17)18)14-6-10(9)8-15/h5-6H,7-8H2,1-4H3. The van der Waals surface area contributed by atoms with Crippen molar-refractivity contribution in [2.24, 2.45) is 0 Å². The lowest BCUT2D eigenvalue weighted by Gasteiger charge is -2.24. The average molecular weight is 298 g/mol. The summed E-state index contributed by atoms with van der Waals surface area (Å²) in [5.41, 5.74) is 1.09. The van der Waals surface area contributed by atoms with E-state index in [1.807, 2.05) is 0 Å². The highest BCUT2D eigenvalue weighted by Gasteiger charge is 2.28. The van der Waals surface area contributed by atoms with Crippen molar-refractivity contribution in [3.63, 3.8) is 0 Å². The summed E-state index contributed by atoms with van der Waals surface area (Å²) in [5, 5.41) is 0.0299. The molecule has 0 N–H and O–H groups in total. The molecule has 2 rings (SSSR count). The predicted octanol–water partition coefficient (Wildman–Crippen LogP) is 1.74. The van der Waals surface area contributed by atoms with Gasteiger partial charge in [0, 0.05) is 19.0 Å². The van der Waals surface area contributed by atoms with Crippen LogP contribution in [0.4, 0.5) is 4.79 Å². The number of sulfone groups is 1. The van der Waals surface area contributed by atoms with Crippen molar-refractivity contribution in [3.05, 3.63) is 23.4 Å². The van der Waals surface area contributed by atoms with Gasteiger partial charge in [-0.1, -0.05) is 0 Å². The number of ether oxygens (including phenoxy) is 1. The number of fused-ring (bicyclic) bond motifs is 1. The zero-order valence-electron chi connectivity index (χ0n) is 12.0. The van der Waals surface area contributed by atoms with Crippen molar-refractivity contribution in [1.29, 1.82) is 0 Å². The lowest BCUT2D eigenvalue weighted by atomic mass is 10.2. The first-order valence-electron chi connectivity index (χ1n) is 6.22. The van der Waals surface area contributed by atoms with E-state index in [0.717, 1.165) is 17.4 Å². The average Bonchev–Trinajstić information content (AvgIpc) is 2.67. The second-order valence-corrected chi connectivity index (χ2v) is 7.86. The number of pyridine rings is 1. The molecule has 110 valence electrons. The van der Waals surface area contributed by atoms with Gasteiger partial charge in [-0.2, -0.15) is 0 Å². The smallest absolute Gasteiger partial charge is 0.410 e. The Morgan fingerprint density at radius 3 is 2.45 bits per heavy atom. The van der Waals surface area contributed by atoms with E-state index in [2.05, 4.69) is 4.98 Å². The molecule has 0 atom stereocenters. The van der Waals surface area contributed by atoms with E-state index in [1.165, 1.54) is 17.2 Å². The van der Waals surface area contributed by atoms with Crippen molar-refractivity contribution in [2.45, 2.75) is 44.5 Å². The van der Waals surface area contributed by atoms with E-state index in [0.29, 0.717) is 13.1 Å². The van der Waals surface area contributed by atoms with Gasteiger partial charge in [-0.3, -0.25) is 4.90 Å². The molecule has 0 fully saturated rings. The molecule has 2 heterocycles. The summed E-state index contributed by atoms with van der Waals surface area (Å²) in [6, 6.07) is 1.52. The largest absolute Gasteiger partial charge is 0.444 e. The number of hydrogen-bond donors (Lipinski definition) is 0. The lowest BCUT2D eigenvalue weighted by molar-refractivity contribution is 0.0242. The fourth-order valence-electron chi connectivity index (χ4n) is 1.92. The van der Waals surface area contributed by atoms with Crippen LogP contribution in [0.3, 0.4) is 0 Å². The number of carbonyl (C=O) groups excluding carboxylic acids is 1. The Labute approximate surface area is 118 Å². The maximum atomic E-state index is 12.0. The van der Waals surface area contributed by atoms with E-state index < -0.39 is 21.5 Å². The normalized spacial score (nSPS) is 15.1. The molecule has 7 heteroatoms. The zero-order chi connectivity index (χ0) is 15.1. The summed E-state index contributed by atoms with van der Waals surface area (Å²) in [6.07, 6.45) is 2.22. The third kappa shape index (κ3) is 3.27. The molecule has 1 amide bonds. The third-order valence-corrected chi connectivity index (χ3v) is 3.79. The van der Waals surface area contributed by atoms with Crippen LogP contribution < -0.4 is 0 Å². The van der Waals surface area contributed by atoms with Gasteiger partial charge in [0.1, 0.15) is 5.60 Å². The summed E-state index contributed by atoms with van der Waals surface area (Å²) in [5.74, 6) is 0. The molecule has 1 aliphatic rings. The Kier molecular flexibility index (Phi) is 3.49. The van der Waals surface area contributed by atoms with Crippen LogP contribution in [0.1, 0.15) is 31.9 Å². The van der Waals surface area contributed by atoms with E-state index >= 15 is 0 Å². The maximum Gasteiger partial charge on any atom is 0.410 e. The SMILES string of the molecule is CC(C)(C)OC(=O)N1Cc2cnc(S(C)(=O)=O)cc2C1. The molecule has 0 aromatic carbocycles. The van der Waals surface area contributed by atoms with Crippen LogP contribution in [0.15, 0.2) is 17.3 Å². The highest BCUT2D eigenvalue weighted by Crippen LogP contribution is 2.25. The van der Waals surface area contributed by atoms with Crippen LogP contribution in [-0.2, 0) is 27.7 Å². The topological polar surface area (TPSA) is 76.6 Å². The number of aromatic nitrogens is 1. The molecule has 0 saturated carbocycles. The van der Waals surface area contributed by atoms with E-state index in [-0.39, 0.29) is 5.03 Å². The number of rotatable bonds is 1. The third-order valence-electron chi connectivity index (χ3n) is 2.81. The maximum absolute atomic E-state index is 12.0. The summed E-state index contributed by atoms with van der Waals surface area (Å²) in [6.45, 7) is 6.14. The molecule has 0 aliphatic carbocycles.